The lowest BCUT2D eigenvalue weighted by Gasteiger charge is -2.20. The summed E-state index contributed by atoms with van der Waals surface area (Å²) in [5.74, 6) is 1.14. The molecule has 1 saturated heterocycles. The largest absolute Gasteiger partial charge is 0.357 e. The molecule has 0 radical (unpaired) electrons. The first-order chi connectivity index (χ1) is 11.7. The maximum atomic E-state index is 12.0. The maximum Gasteiger partial charge on any atom is 0.222 e. The van der Waals surface area contributed by atoms with Gasteiger partial charge in [-0.05, 0) is 33.1 Å². The Morgan fingerprint density at radius 2 is 2.25 bits per heavy atom. The van der Waals surface area contributed by atoms with Gasteiger partial charge in [0.2, 0.25) is 5.91 Å². The van der Waals surface area contributed by atoms with Crippen molar-refractivity contribution in [2.75, 3.05) is 26.2 Å². The molecule has 7 heteroatoms. The van der Waals surface area contributed by atoms with Crippen molar-refractivity contribution in [3.05, 3.63) is 16.1 Å². The second-order valence-corrected chi connectivity index (χ2v) is 7.33. The third-order valence-corrected chi connectivity index (χ3v) is 4.87. The van der Waals surface area contributed by atoms with Gasteiger partial charge in [0.25, 0.3) is 0 Å². The zero-order valence-corrected chi connectivity index (χ0v) is 15.6. The van der Waals surface area contributed by atoms with Gasteiger partial charge in [-0.25, -0.2) is 9.98 Å². The third-order valence-electron chi connectivity index (χ3n) is 3.98. The lowest BCUT2D eigenvalue weighted by molar-refractivity contribution is -0.130. The van der Waals surface area contributed by atoms with Gasteiger partial charge < -0.3 is 15.5 Å². The van der Waals surface area contributed by atoms with E-state index in [1.807, 2.05) is 18.0 Å². The number of carbonyl (C=O) groups excluding carboxylic acids is 1. The number of carbonyl (C=O) groups is 1. The molecule has 0 bridgehead atoms. The fourth-order valence-electron chi connectivity index (χ4n) is 2.73. The van der Waals surface area contributed by atoms with E-state index >= 15 is 0 Å². The summed E-state index contributed by atoms with van der Waals surface area (Å²) in [6, 6.07) is 0. The number of aromatic nitrogens is 1. The van der Waals surface area contributed by atoms with Crippen LogP contribution in [0, 0.1) is 6.92 Å². The third kappa shape index (κ3) is 6.47. The molecule has 0 aromatic carbocycles. The van der Waals surface area contributed by atoms with Gasteiger partial charge in [-0.2, -0.15) is 0 Å². The summed E-state index contributed by atoms with van der Waals surface area (Å²) in [6.45, 7) is 8.10. The molecule has 24 heavy (non-hydrogen) atoms. The van der Waals surface area contributed by atoms with Crippen LogP contribution in [0.4, 0.5) is 0 Å². The van der Waals surface area contributed by atoms with E-state index in [9.17, 15) is 4.79 Å². The molecule has 134 valence electrons. The standard InChI is InChI=1S/C17H29N5OS/c1-3-18-17(21-13-15-12-20-14(2)24-15)19-9-7-11-22-10-6-4-5-8-16(22)23/h12H,3-11,13H2,1-2H3,(H2,18,19,21). The number of hydrogen-bond acceptors (Lipinski definition) is 4. The minimum Gasteiger partial charge on any atom is -0.357 e. The molecule has 1 aromatic rings. The molecular formula is C17H29N5OS. The Morgan fingerprint density at radius 1 is 1.38 bits per heavy atom. The van der Waals surface area contributed by atoms with Gasteiger partial charge in [0.05, 0.1) is 11.6 Å². The van der Waals surface area contributed by atoms with Crippen molar-refractivity contribution in [2.24, 2.45) is 4.99 Å². The summed E-state index contributed by atoms with van der Waals surface area (Å²) in [7, 11) is 0. The van der Waals surface area contributed by atoms with Crippen molar-refractivity contribution in [3.8, 4) is 0 Å². The van der Waals surface area contributed by atoms with Gasteiger partial charge in [-0.15, -0.1) is 11.3 Å². The predicted molar refractivity (Wildman–Crippen MR) is 99.3 cm³/mol. The van der Waals surface area contributed by atoms with Crippen LogP contribution in [-0.4, -0.2) is 47.9 Å². The number of nitrogens with one attached hydrogen (secondary N) is 2. The van der Waals surface area contributed by atoms with E-state index in [1.54, 1.807) is 11.3 Å². The van der Waals surface area contributed by atoms with Gasteiger partial charge in [-0.1, -0.05) is 6.42 Å². The van der Waals surface area contributed by atoms with Crippen LogP contribution in [0.15, 0.2) is 11.2 Å². The Morgan fingerprint density at radius 3 is 3.00 bits per heavy atom. The van der Waals surface area contributed by atoms with E-state index in [4.69, 9.17) is 0 Å². The highest BCUT2D eigenvalue weighted by Gasteiger charge is 2.15. The van der Waals surface area contributed by atoms with E-state index in [1.165, 1.54) is 11.3 Å². The number of guanidine groups is 1. The quantitative estimate of drug-likeness (QED) is 0.449. The van der Waals surface area contributed by atoms with E-state index in [0.717, 1.165) is 56.4 Å². The van der Waals surface area contributed by atoms with Crippen LogP contribution >= 0.6 is 11.3 Å². The SMILES string of the molecule is CCNC(=NCc1cnc(C)s1)NCCCN1CCCCCC1=O. The lowest BCUT2D eigenvalue weighted by Crippen LogP contribution is -2.39. The molecule has 0 saturated carbocycles. The lowest BCUT2D eigenvalue weighted by atomic mass is 10.2. The van der Waals surface area contributed by atoms with Gasteiger partial charge in [0, 0.05) is 43.7 Å². The first kappa shape index (κ1) is 18.7. The minimum absolute atomic E-state index is 0.314. The second-order valence-electron chi connectivity index (χ2n) is 6.01. The van der Waals surface area contributed by atoms with Gasteiger partial charge >= 0.3 is 0 Å². The summed E-state index contributed by atoms with van der Waals surface area (Å²) >= 11 is 1.68. The van der Waals surface area contributed by atoms with E-state index in [0.29, 0.717) is 18.9 Å². The van der Waals surface area contributed by atoms with Crippen molar-refractivity contribution >= 4 is 23.2 Å². The normalized spacial score (nSPS) is 16.2. The number of thiazole rings is 1. The highest BCUT2D eigenvalue weighted by atomic mass is 32.1. The molecule has 2 rings (SSSR count). The van der Waals surface area contributed by atoms with Crippen LogP contribution in [0.5, 0.6) is 0 Å². The highest BCUT2D eigenvalue weighted by molar-refractivity contribution is 7.11. The summed E-state index contributed by atoms with van der Waals surface area (Å²) in [5.41, 5.74) is 0. The van der Waals surface area contributed by atoms with Crippen LogP contribution in [0.1, 0.15) is 48.9 Å². The molecule has 2 N–H and O–H groups in total. The molecule has 0 unspecified atom stereocenters. The number of hydrogen-bond donors (Lipinski definition) is 2. The zero-order chi connectivity index (χ0) is 17.2. The number of amides is 1. The maximum absolute atomic E-state index is 12.0. The molecule has 6 nitrogen and oxygen atoms in total. The fraction of sp³-hybridized carbons (Fsp3) is 0.706. The first-order valence-electron chi connectivity index (χ1n) is 8.90. The Kier molecular flexibility index (Phi) is 8.01. The number of aliphatic imine (C=N–C) groups is 1. The van der Waals surface area contributed by atoms with Crippen molar-refractivity contribution in [3.63, 3.8) is 0 Å². The van der Waals surface area contributed by atoms with Crippen LogP contribution in [0.25, 0.3) is 0 Å². The molecule has 0 spiro atoms. The molecular weight excluding hydrogens is 322 g/mol. The Bertz CT molecular complexity index is 543. The summed E-state index contributed by atoms with van der Waals surface area (Å²) in [6.07, 6.45) is 6.90. The molecule has 1 aliphatic heterocycles. The Labute approximate surface area is 148 Å². The molecule has 1 aromatic heterocycles. The molecule has 1 aliphatic rings. The molecule has 0 atom stereocenters. The van der Waals surface area contributed by atoms with Crippen molar-refractivity contribution in [1.82, 2.24) is 20.5 Å². The molecule has 0 aliphatic carbocycles. The average Bonchev–Trinajstić information content (AvgIpc) is 2.87. The van der Waals surface area contributed by atoms with Crippen LogP contribution in [-0.2, 0) is 11.3 Å². The van der Waals surface area contributed by atoms with Gasteiger partial charge in [-0.3, -0.25) is 4.79 Å². The summed E-state index contributed by atoms with van der Waals surface area (Å²) in [4.78, 5) is 24.0. The van der Waals surface area contributed by atoms with Gasteiger partial charge in [0.1, 0.15) is 0 Å². The average molecular weight is 352 g/mol. The highest BCUT2D eigenvalue weighted by Crippen LogP contribution is 2.12. The van der Waals surface area contributed by atoms with Crippen LogP contribution in [0.3, 0.4) is 0 Å². The minimum atomic E-state index is 0.314. The Balaban J connectivity index is 1.73. The van der Waals surface area contributed by atoms with Crippen LogP contribution < -0.4 is 10.6 Å². The number of aryl methyl sites for hydroxylation is 1. The molecule has 2 heterocycles. The number of likely N-dealkylation sites (tertiary alicyclic amines) is 1. The monoisotopic (exact) mass is 351 g/mol. The smallest absolute Gasteiger partial charge is 0.222 e. The van der Waals surface area contributed by atoms with Crippen molar-refractivity contribution in [2.45, 2.75) is 52.5 Å². The summed E-state index contributed by atoms with van der Waals surface area (Å²) in [5, 5.41) is 7.68. The number of nitrogens with zero attached hydrogens (tertiary/aromatic N) is 3. The fourth-order valence-corrected chi connectivity index (χ4v) is 3.45. The second kappa shape index (κ2) is 10.3. The molecule has 1 fully saturated rings. The predicted octanol–water partition coefficient (Wildman–Crippen LogP) is 2.30. The van der Waals surface area contributed by atoms with E-state index in [-0.39, 0.29) is 0 Å². The van der Waals surface area contributed by atoms with Crippen molar-refractivity contribution in [1.29, 1.82) is 0 Å². The van der Waals surface area contributed by atoms with Crippen LogP contribution in [0.2, 0.25) is 0 Å². The van der Waals surface area contributed by atoms with E-state index < -0.39 is 0 Å². The first-order valence-corrected chi connectivity index (χ1v) is 9.72. The van der Waals surface area contributed by atoms with E-state index in [2.05, 4.69) is 27.5 Å². The molecule has 1 amide bonds. The topological polar surface area (TPSA) is 69.6 Å². The summed E-state index contributed by atoms with van der Waals surface area (Å²) < 4.78 is 0. The van der Waals surface area contributed by atoms with Crippen molar-refractivity contribution < 1.29 is 4.79 Å². The van der Waals surface area contributed by atoms with Gasteiger partial charge in [0.15, 0.2) is 5.96 Å². The number of rotatable bonds is 7. The Hall–Kier alpha value is -1.63. The zero-order valence-electron chi connectivity index (χ0n) is 14.8.